The summed E-state index contributed by atoms with van der Waals surface area (Å²) in [5, 5.41) is 3.48. The predicted molar refractivity (Wildman–Crippen MR) is 72.3 cm³/mol. The highest BCUT2D eigenvalue weighted by atomic mass is 79.9. The molecule has 0 bridgehead atoms. The van der Waals surface area contributed by atoms with Gasteiger partial charge in [0.2, 0.25) is 5.17 Å². The molecule has 0 saturated heterocycles. The summed E-state index contributed by atoms with van der Waals surface area (Å²) in [7, 11) is 0. The van der Waals surface area contributed by atoms with E-state index in [1.165, 1.54) is 0 Å². The molecule has 0 aliphatic rings. The molecule has 6 heteroatoms. The van der Waals surface area contributed by atoms with Crippen molar-refractivity contribution >= 4 is 44.4 Å². The van der Waals surface area contributed by atoms with Crippen LogP contribution < -0.4 is 5.43 Å². The summed E-state index contributed by atoms with van der Waals surface area (Å²) in [6.45, 7) is 3.48. The molecule has 4 nitrogen and oxygen atoms in total. The number of hydrogen-bond donors (Lipinski definition) is 1. The van der Waals surface area contributed by atoms with Gasteiger partial charge in [0.25, 0.3) is 0 Å². The molecule has 0 spiro atoms. The number of nitrogens with zero attached hydrogens (tertiary/aromatic N) is 1. The number of nitrogens with one attached hydrogen (secondary N) is 1. The number of anilines is 1. The van der Waals surface area contributed by atoms with Gasteiger partial charge < -0.3 is 4.74 Å². The summed E-state index contributed by atoms with van der Waals surface area (Å²) in [6, 6.07) is 7.29. The van der Waals surface area contributed by atoms with Crippen molar-refractivity contribution in [1.82, 2.24) is 0 Å². The van der Waals surface area contributed by atoms with E-state index in [-0.39, 0.29) is 11.3 Å². The van der Waals surface area contributed by atoms with Crippen molar-refractivity contribution in [2.75, 3.05) is 5.43 Å². The van der Waals surface area contributed by atoms with Crippen molar-refractivity contribution in [3.8, 4) is 0 Å². The van der Waals surface area contributed by atoms with E-state index in [1.54, 1.807) is 26.0 Å². The Morgan fingerprint density at radius 1 is 1.41 bits per heavy atom. The Bertz CT molecular complexity index is 418. The first-order valence-corrected chi connectivity index (χ1v) is 6.12. The molecule has 1 rings (SSSR count). The Morgan fingerprint density at radius 2 is 2.00 bits per heavy atom. The summed E-state index contributed by atoms with van der Waals surface area (Å²) >= 11 is 8.97. The van der Waals surface area contributed by atoms with E-state index >= 15 is 0 Å². The van der Waals surface area contributed by atoms with Gasteiger partial charge in [-0.1, -0.05) is 27.5 Å². The van der Waals surface area contributed by atoms with Crippen LogP contribution in [0.1, 0.15) is 13.8 Å². The van der Waals surface area contributed by atoms with E-state index in [0.29, 0.717) is 0 Å². The van der Waals surface area contributed by atoms with Gasteiger partial charge in [0.05, 0.1) is 11.8 Å². The van der Waals surface area contributed by atoms with E-state index in [1.807, 2.05) is 12.1 Å². The summed E-state index contributed by atoms with van der Waals surface area (Å²) in [6.07, 6.45) is -0.223. The van der Waals surface area contributed by atoms with Gasteiger partial charge in [-0.05, 0) is 38.1 Å². The number of rotatable bonds is 4. The first-order valence-electron chi connectivity index (χ1n) is 4.95. The molecule has 0 fully saturated rings. The Morgan fingerprint density at radius 3 is 2.53 bits per heavy atom. The molecule has 1 aromatic rings. The molecular formula is C11H12BrClN2O2. The quantitative estimate of drug-likeness (QED) is 0.526. The van der Waals surface area contributed by atoms with E-state index in [4.69, 9.17) is 16.3 Å². The van der Waals surface area contributed by atoms with Gasteiger partial charge in [-0.3, -0.25) is 5.43 Å². The van der Waals surface area contributed by atoms with Crippen LogP contribution in [0.3, 0.4) is 0 Å². The topological polar surface area (TPSA) is 50.7 Å². The summed E-state index contributed by atoms with van der Waals surface area (Å²) < 4.78 is 5.83. The molecule has 0 unspecified atom stereocenters. The molecule has 0 aliphatic heterocycles. The Labute approximate surface area is 113 Å². The van der Waals surface area contributed by atoms with Crippen molar-refractivity contribution in [2.45, 2.75) is 20.0 Å². The normalized spacial score (nSPS) is 11.5. The fraction of sp³-hybridized carbons (Fsp3) is 0.273. The maximum atomic E-state index is 11.3. The second-order valence-electron chi connectivity index (χ2n) is 3.48. The van der Waals surface area contributed by atoms with Crippen molar-refractivity contribution in [1.29, 1.82) is 0 Å². The number of hydrogen-bond acceptors (Lipinski definition) is 4. The number of halogens is 2. The van der Waals surface area contributed by atoms with Crippen LogP contribution in [0.4, 0.5) is 5.69 Å². The number of carbonyl (C=O) groups is 1. The molecular weight excluding hydrogens is 307 g/mol. The zero-order valence-electron chi connectivity index (χ0n) is 9.41. The van der Waals surface area contributed by atoms with Crippen LogP contribution in [0.5, 0.6) is 0 Å². The zero-order chi connectivity index (χ0) is 12.8. The monoisotopic (exact) mass is 318 g/mol. The summed E-state index contributed by atoms with van der Waals surface area (Å²) in [5.41, 5.74) is 3.39. The Hall–Kier alpha value is -1.07. The minimum Gasteiger partial charge on any atom is -0.458 e. The van der Waals surface area contributed by atoms with E-state index < -0.39 is 5.97 Å². The molecule has 0 saturated carbocycles. The first kappa shape index (κ1) is 14.0. The Balaban J connectivity index is 2.58. The molecule has 0 aliphatic carbocycles. The van der Waals surface area contributed by atoms with Crippen LogP contribution in [-0.2, 0) is 9.53 Å². The summed E-state index contributed by atoms with van der Waals surface area (Å²) in [4.78, 5) is 11.3. The van der Waals surface area contributed by atoms with Gasteiger partial charge in [-0.2, -0.15) is 5.10 Å². The molecule has 1 N–H and O–H groups in total. The lowest BCUT2D eigenvalue weighted by atomic mass is 10.3. The minimum absolute atomic E-state index is 0.223. The molecule has 0 heterocycles. The lowest BCUT2D eigenvalue weighted by Gasteiger charge is -2.06. The van der Waals surface area contributed by atoms with E-state index in [9.17, 15) is 4.79 Å². The van der Waals surface area contributed by atoms with Crippen LogP contribution in [0.2, 0.25) is 0 Å². The van der Waals surface area contributed by atoms with Crippen molar-refractivity contribution in [3.63, 3.8) is 0 Å². The highest BCUT2D eigenvalue weighted by molar-refractivity contribution is 9.10. The van der Waals surface area contributed by atoms with Gasteiger partial charge in [-0.15, -0.1) is 0 Å². The smallest absolute Gasteiger partial charge is 0.370 e. The molecule has 92 valence electrons. The van der Waals surface area contributed by atoms with Gasteiger partial charge in [0.1, 0.15) is 0 Å². The SMILES string of the molecule is CC(C)OC(=O)C(Cl)=NNc1ccc(Br)cc1. The van der Waals surface area contributed by atoms with Gasteiger partial charge in [0, 0.05) is 4.47 Å². The highest BCUT2D eigenvalue weighted by Crippen LogP contribution is 2.14. The lowest BCUT2D eigenvalue weighted by Crippen LogP contribution is -2.18. The van der Waals surface area contributed by atoms with Crippen LogP contribution in [0.15, 0.2) is 33.8 Å². The second kappa shape index (κ2) is 6.61. The fourth-order valence-corrected chi connectivity index (χ4v) is 1.30. The van der Waals surface area contributed by atoms with Crippen LogP contribution >= 0.6 is 27.5 Å². The molecule has 0 radical (unpaired) electrons. The van der Waals surface area contributed by atoms with Crippen molar-refractivity contribution in [2.24, 2.45) is 5.10 Å². The predicted octanol–water partition coefficient (Wildman–Crippen LogP) is 3.36. The van der Waals surface area contributed by atoms with Crippen LogP contribution in [0.25, 0.3) is 0 Å². The van der Waals surface area contributed by atoms with Crippen molar-refractivity contribution in [3.05, 3.63) is 28.7 Å². The second-order valence-corrected chi connectivity index (χ2v) is 4.75. The van der Waals surface area contributed by atoms with Gasteiger partial charge in [-0.25, -0.2) is 4.79 Å². The third kappa shape index (κ3) is 5.19. The maximum absolute atomic E-state index is 11.3. The average Bonchev–Trinajstić information content (AvgIpc) is 2.27. The minimum atomic E-state index is -0.647. The summed E-state index contributed by atoms with van der Waals surface area (Å²) in [5.74, 6) is -0.647. The molecule has 0 atom stereocenters. The van der Waals surface area contributed by atoms with Crippen molar-refractivity contribution < 1.29 is 9.53 Å². The third-order valence-electron chi connectivity index (χ3n) is 1.64. The molecule has 0 aromatic heterocycles. The van der Waals surface area contributed by atoms with E-state index in [2.05, 4.69) is 26.5 Å². The largest absolute Gasteiger partial charge is 0.458 e. The molecule has 17 heavy (non-hydrogen) atoms. The van der Waals surface area contributed by atoms with E-state index in [0.717, 1.165) is 10.2 Å². The third-order valence-corrected chi connectivity index (χ3v) is 2.41. The highest BCUT2D eigenvalue weighted by Gasteiger charge is 2.11. The number of carbonyl (C=O) groups excluding carboxylic acids is 1. The van der Waals surface area contributed by atoms with Gasteiger partial charge >= 0.3 is 5.97 Å². The number of esters is 1. The Kier molecular flexibility index (Phi) is 5.44. The number of ether oxygens (including phenoxy) is 1. The average molecular weight is 320 g/mol. The van der Waals surface area contributed by atoms with Gasteiger partial charge in [0.15, 0.2) is 0 Å². The lowest BCUT2D eigenvalue weighted by molar-refractivity contribution is -0.138. The standard InChI is InChI=1S/C11H12BrClN2O2/c1-7(2)17-11(16)10(13)15-14-9-5-3-8(12)4-6-9/h3-7,14H,1-2H3. The zero-order valence-corrected chi connectivity index (χ0v) is 11.7. The number of hydrazone groups is 1. The first-order chi connectivity index (χ1) is 7.99. The number of benzene rings is 1. The van der Waals surface area contributed by atoms with Crippen LogP contribution in [0, 0.1) is 0 Å². The molecule has 0 amide bonds. The maximum Gasteiger partial charge on any atom is 0.370 e. The van der Waals surface area contributed by atoms with Crippen LogP contribution in [-0.4, -0.2) is 17.2 Å². The fourth-order valence-electron chi connectivity index (χ4n) is 0.946. The molecule has 1 aromatic carbocycles.